The zero-order chi connectivity index (χ0) is 17.7. The van der Waals surface area contributed by atoms with Gasteiger partial charge in [-0.2, -0.15) is 0 Å². The lowest BCUT2D eigenvalue weighted by molar-refractivity contribution is 0.216. The zero-order valence-electron chi connectivity index (χ0n) is 14.5. The normalized spacial score (nSPS) is 17.3. The number of fused-ring (bicyclic) bond motifs is 4. The summed E-state index contributed by atoms with van der Waals surface area (Å²) in [6, 6.07) is 13.2. The number of aliphatic imine (C=N–C) groups is 1. The monoisotopic (exact) mass is 366 g/mol. The Hall–Kier alpha value is -2.44. The Labute approximate surface area is 155 Å². The quantitative estimate of drug-likeness (QED) is 0.639. The minimum atomic E-state index is -0.262. The molecule has 2 aliphatic heterocycles. The number of thiophene rings is 1. The maximum absolute atomic E-state index is 13.8. The number of hydrogen-bond acceptors (Lipinski definition) is 5. The van der Waals surface area contributed by atoms with E-state index in [0.29, 0.717) is 5.69 Å². The first-order valence-corrected chi connectivity index (χ1v) is 9.61. The van der Waals surface area contributed by atoms with Crippen molar-refractivity contribution in [3.05, 3.63) is 53.8 Å². The average Bonchev–Trinajstić information content (AvgIpc) is 2.92. The van der Waals surface area contributed by atoms with Crippen molar-refractivity contribution in [2.45, 2.75) is 0 Å². The van der Waals surface area contributed by atoms with Crippen LogP contribution in [0.3, 0.4) is 0 Å². The number of hydrogen-bond donors (Lipinski definition) is 1. The summed E-state index contributed by atoms with van der Waals surface area (Å²) in [5.41, 5.74) is 2.64. The molecule has 0 atom stereocenters. The van der Waals surface area contributed by atoms with Crippen LogP contribution in [0.2, 0.25) is 0 Å². The van der Waals surface area contributed by atoms with Gasteiger partial charge in [0.2, 0.25) is 0 Å². The molecule has 0 saturated carbocycles. The van der Waals surface area contributed by atoms with Gasteiger partial charge in [-0.25, -0.2) is 9.38 Å². The summed E-state index contributed by atoms with van der Waals surface area (Å²) in [7, 11) is 2.14. The second kappa shape index (κ2) is 6.07. The van der Waals surface area contributed by atoms with Gasteiger partial charge in [0.25, 0.3) is 0 Å². The number of piperazine rings is 1. The van der Waals surface area contributed by atoms with Crippen LogP contribution in [0.5, 0.6) is 0 Å². The largest absolute Gasteiger partial charge is 0.353 e. The molecule has 1 N–H and O–H groups in total. The predicted molar refractivity (Wildman–Crippen MR) is 107 cm³/mol. The van der Waals surface area contributed by atoms with E-state index in [1.807, 2.05) is 0 Å². The highest BCUT2D eigenvalue weighted by atomic mass is 32.1. The summed E-state index contributed by atoms with van der Waals surface area (Å²) in [5, 5.41) is 5.78. The third-order valence-corrected chi connectivity index (χ3v) is 6.14. The minimum Gasteiger partial charge on any atom is -0.353 e. The standard InChI is InChI=1S/C20H19FN4S/c1-24-8-10-25(11-9-24)19-18-14-4-2-3-5-17(14)26-20(18)23-15-7-6-13(21)12-16(15)22-19/h2-7,12,23H,8-11H2,1H3. The Morgan fingerprint density at radius 2 is 1.88 bits per heavy atom. The number of likely N-dealkylation sites (N-methyl/N-ethyl adjacent to an activating group) is 1. The van der Waals surface area contributed by atoms with Crippen molar-refractivity contribution in [2.75, 3.05) is 38.5 Å². The van der Waals surface area contributed by atoms with Gasteiger partial charge in [-0.3, -0.25) is 0 Å². The molecule has 1 saturated heterocycles. The average molecular weight is 366 g/mol. The predicted octanol–water partition coefficient (Wildman–Crippen LogP) is 4.42. The van der Waals surface area contributed by atoms with Gasteiger partial charge < -0.3 is 15.1 Å². The topological polar surface area (TPSA) is 30.9 Å². The highest BCUT2D eigenvalue weighted by Gasteiger charge is 2.27. The second-order valence-electron chi connectivity index (χ2n) is 6.81. The van der Waals surface area contributed by atoms with E-state index in [4.69, 9.17) is 4.99 Å². The van der Waals surface area contributed by atoms with Gasteiger partial charge in [-0.05, 0) is 25.2 Å². The van der Waals surface area contributed by atoms with Crippen molar-refractivity contribution in [1.29, 1.82) is 0 Å². The lowest BCUT2D eigenvalue weighted by Crippen LogP contribution is -2.47. The van der Waals surface area contributed by atoms with E-state index in [9.17, 15) is 4.39 Å². The van der Waals surface area contributed by atoms with Crippen molar-refractivity contribution in [3.8, 4) is 0 Å². The zero-order valence-corrected chi connectivity index (χ0v) is 15.3. The number of benzene rings is 2. The molecule has 132 valence electrons. The molecule has 0 unspecified atom stereocenters. The summed E-state index contributed by atoms with van der Waals surface area (Å²) >= 11 is 1.73. The van der Waals surface area contributed by atoms with Crippen molar-refractivity contribution in [2.24, 2.45) is 4.99 Å². The smallest absolute Gasteiger partial charge is 0.140 e. The van der Waals surface area contributed by atoms with Crippen LogP contribution in [0, 0.1) is 5.82 Å². The van der Waals surface area contributed by atoms with Crippen LogP contribution in [-0.2, 0) is 0 Å². The van der Waals surface area contributed by atoms with Crippen LogP contribution in [0.4, 0.5) is 20.8 Å². The minimum absolute atomic E-state index is 0.262. The third kappa shape index (κ3) is 2.57. The first-order chi connectivity index (χ1) is 12.7. The second-order valence-corrected chi connectivity index (χ2v) is 7.87. The molecule has 0 bridgehead atoms. The molecule has 3 heterocycles. The fourth-order valence-corrected chi connectivity index (χ4v) is 4.71. The molecule has 2 aromatic carbocycles. The lowest BCUT2D eigenvalue weighted by Gasteiger charge is -2.34. The summed E-state index contributed by atoms with van der Waals surface area (Å²) < 4.78 is 15.1. The highest BCUT2D eigenvalue weighted by molar-refractivity contribution is 7.23. The molecule has 5 rings (SSSR count). The molecule has 26 heavy (non-hydrogen) atoms. The fraction of sp³-hybridized carbons (Fsp3) is 0.250. The van der Waals surface area contributed by atoms with Crippen LogP contribution < -0.4 is 5.32 Å². The Balaban J connectivity index is 1.73. The molecule has 1 fully saturated rings. The molecule has 0 amide bonds. The number of anilines is 2. The van der Waals surface area contributed by atoms with Gasteiger partial charge in [0, 0.05) is 42.3 Å². The van der Waals surface area contributed by atoms with Gasteiger partial charge >= 0.3 is 0 Å². The molecular weight excluding hydrogens is 347 g/mol. The van der Waals surface area contributed by atoms with Crippen molar-refractivity contribution >= 4 is 43.6 Å². The molecule has 3 aromatic rings. The van der Waals surface area contributed by atoms with Crippen LogP contribution in [0.25, 0.3) is 10.1 Å². The Bertz CT molecular complexity index is 1020. The SMILES string of the molecule is CN1CCN(C2=Nc3cc(F)ccc3Nc3sc4ccccc4c32)CC1. The maximum Gasteiger partial charge on any atom is 0.140 e. The van der Waals surface area contributed by atoms with Crippen molar-refractivity contribution < 1.29 is 4.39 Å². The fourth-order valence-electron chi connectivity index (χ4n) is 3.60. The van der Waals surface area contributed by atoms with Gasteiger partial charge in [0.05, 0.1) is 16.9 Å². The van der Waals surface area contributed by atoms with E-state index < -0.39 is 0 Å². The van der Waals surface area contributed by atoms with Crippen LogP contribution >= 0.6 is 11.3 Å². The summed E-state index contributed by atoms with van der Waals surface area (Å²) in [6.45, 7) is 3.84. The number of halogens is 1. The summed E-state index contributed by atoms with van der Waals surface area (Å²) in [6.07, 6.45) is 0. The van der Waals surface area contributed by atoms with E-state index in [0.717, 1.165) is 48.3 Å². The Kier molecular flexibility index (Phi) is 3.69. The van der Waals surface area contributed by atoms with E-state index in [1.165, 1.54) is 22.2 Å². The van der Waals surface area contributed by atoms with Crippen LogP contribution in [-0.4, -0.2) is 48.9 Å². The number of nitrogens with zero attached hydrogens (tertiary/aromatic N) is 3. The van der Waals surface area contributed by atoms with Crippen molar-refractivity contribution in [3.63, 3.8) is 0 Å². The van der Waals surface area contributed by atoms with E-state index in [2.05, 4.69) is 46.4 Å². The van der Waals surface area contributed by atoms with E-state index in [1.54, 1.807) is 17.4 Å². The van der Waals surface area contributed by atoms with Crippen LogP contribution in [0.1, 0.15) is 5.56 Å². The number of amidine groups is 1. The van der Waals surface area contributed by atoms with E-state index in [-0.39, 0.29) is 5.82 Å². The molecule has 1 aromatic heterocycles. The van der Waals surface area contributed by atoms with Crippen LogP contribution in [0.15, 0.2) is 47.5 Å². The summed E-state index contributed by atoms with van der Waals surface area (Å²) in [5.74, 6) is 0.685. The molecule has 0 spiro atoms. The Morgan fingerprint density at radius 1 is 1.08 bits per heavy atom. The molecule has 0 radical (unpaired) electrons. The molecule has 0 aliphatic carbocycles. The Morgan fingerprint density at radius 3 is 2.73 bits per heavy atom. The molecule has 4 nitrogen and oxygen atoms in total. The number of rotatable bonds is 0. The van der Waals surface area contributed by atoms with Gasteiger partial charge in [0.1, 0.15) is 16.7 Å². The molecule has 2 aliphatic rings. The molecule has 6 heteroatoms. The lowest BCUT2D eigenvalue weighted by atomic mass is 10.1. The van der Waals surface area contributed by atoms with Crippen molar-refractivity contribution in [1.82, 2.24) is 9.80 Å². The van der Waals surface area contributed by atoms with Gasteiger partial charge in [-0.1, -0.05) is 18.2 Å². The highest BCUT2D eigenvalue weighted by Crippen LogP contribution is 2.43. The molecular formula is C20H19FN4S. The first-order valence-electron chi connectivity index (χ1n) is 8.80. The van der Waals surface area contributed by atoms with Gasteiger partial charge in [0.15, 0.2) is 0 Å². The number of nitrogens with one attached hydrogen (secondary N) is 1. The first kappa shape index (κ1) is 15.8. The summed E-state index contributed by atoms with van der Waals surface area (Å²) in [4.78, 5) is 9.60. The van der Waals surface area contributed by atoms with E-state index >= 15 is 0 Å². The maximum atomic E-state index is 13.8. The van der Waals surface area contributed by atoms with Gasteiger partial charge in [-0.15, -0.1) is 11.3 Å². The third-order valence-electron chi connectivity index (χ3n) is 5.06.